The standard InChI is InChI=1S/C17H15N3O4S2/c21-14-3-1-9-18-17(14)19-15(22)11-12-5-7-13(8-6-12)20-26(23,24)16-4-2-10-25-16/h1-10,20-21H,11H2,(H,18,19,22). The molecule has 1 aromatic carbocycles. The van der Waals surface area contributed by atoms with Gasteiger partial charge in [0.25, 0.3) is 10.0 Å². The van der Waals surface area contributed by atoms with Gasteiger partial charge in [-0.25, -0.2) is 13.4 Å². The number of carbonyl (C=O) groups is 1. The molecule has 0 bridgehead atoms. The van der Waals surface area contributed by atoms with Crippen LogP contribution in [0.4, 0.5) is 11.5 Å². The molecular formula is C17H15N3O4S2. The molecule has 3 N–H and O–H groups in total. The second-order valence-corrected chi connectivity index (χ2v) is 8.19. The number of carbonyl (C=O) groups excluding carboxylic acids is 1. The Morgan fingerprint density at radius 2 is 1.88 bits per heavy atom. The predicted octanol–water partition coefficient (Wildman–Crippen LogP) is 2.83. The lowest BCUT2D eigenvalue weighted by Gasteiger charge is -2.08. The van der Waals surface area contributed by atoms with Crippen molar-refractivity contribution in [2.45, 2.75) is 10.6 Å². The van der Waals surface area contributed by atoms with Gasteiger partial charge in [-0.15, -0.1) is 11.3 Å². The Hall–Kier alpha value is -2.91. The monoisotopic (exact) mass is 389 g/mol. The summed E-state index contributed by atoms with van der Waals surface area (Å²) in [4.78, 5) is 15.9. The fourth-order valence-corrected chi connectivity index (χ4v) is 4.22. The number of hydrogen-bond donors (Lipinski definition) is 3. The highest BCUT2D eigenvalue weighted by molar-refractivity contribution is 7.94. The molecule has 3 rings (SSSR count). The number of benzene rings is 1. The zero-order valence-corrected chi connectivity index (χ0v) is 15.0. The lowest BCUT2D eigenvalue weighted by Crippen LogP contribution is -2.15. The molecular weight excluding hydrogens is 374 g/mol. The Morgan fingerprint density at radius 3 is 2.54 bits per heavy atom. The van der Waals surface area contributed by atoms with Crippen LogP contribution in [0.1, 0.15) is 5.56 Å². The zero-order chi connectivity index (χ0) is 18.6. The fraction of sp³-hybridized carbons (Fsp3) is 0.0588. The highest BCUT2D eigenvalue weighted by atomic mass is 32.2. The molecule has 9 heteroatoms. The van der Waals surface area contributed by atoms with Crippen LogP contribution in [0.25, 0.3) is 0 Å². The first-order valence-corrected chi connectivity index (χ1v) is 9.89. The Morgan fingerprint density at radius 1 is 1.12 bits per heavy atom. The number of aromatic hydroxyl groups is 1. The van der Waals surface area contributed by atoms with Crippen LogP contribution in [0.15, 0.2) is 64.3 Å². The van der Waals surface area contributed by atoms with Crippen LogP contribution in [0.3, 0.4) is 0 Å². The smallest absolute Gasteiger partial charge is 0.271 e. The molecule has 26 heavy (non-hydrogen) atoms. The summed E-state index contributed by atoms with van der Waals surface area (Å²) in [5, 5.41) is 13.8. The van der Waals surface area contributed by atoms with Crippen LogP contribution in [-0.4, -0.2) is 24.4 Å². The molecule has 0 radical (unpaired) electrons. The Labute approximate surface area is 154 Å². The predicted molar refractivity (Wildman–Crippen MR) is 99.8 cm³/mol. The largest absolute Gasteiger partial charge is 0.504 e. The summed E-state index contributed by atoms with van der Waals surface area (Å²) in [7, 11) is -3.60. The summed E-state index contributed by atoms with van der Waals surface area (Å²) in [5.41, 5.74) is 1.10. The van der Waals surface area contributed by atoms with E-state index in [4.69, 9.17) is 0 Å². The molecule has 3 aromatic rings. The van der Waals surface area contributed by atoms with Crippen LogP contribution in [-0.2, 0) is 21.2 Å². The van der Waals surface area contributed by atoms with Crippen molar-refractivity contribution in [3.05, 3.63) is 65.7 Å². The van der Waals surface area contributed by atoms with Gasteiger partial charge in [0.1, 0.15) is 4.21 Å². The summed E-state index contributed by atoms with van der Waals surface area (Å²) in [6.07, 6.45) is 1.53. The lowest BCUT2D eigenvalue weighted by atomic mass is 10.1. The minimum Gasteiger partial charge on any atom is -0.504 e. The molecule has 0 spiro atoms. The average Bonchev–Trinajstić information content (AvgIpc) is 3.14. The maximum atomic E-state index is 12.2. The van der Waals surface area contributed by atoms with E-state index >= 15 is 0 Å². The number of aromatic nitrogens is 1. The van der Waals surface area contributed by atoms with Gasteiger partial charge in [0, 0.05) is 11.9 Å². The highest BCUT2D eigenvalue weighted by Gasteiger charge is 2.15. The van der Waals surface area contributed by atoms with Gasteiger partial charge in [-0.05, 0) is 41.3 Å². The number of rotatable bonds is 6. The third kappa shape index (κ3) is 4.38. The van der Waals surface area contributed by atoms with E-state index in [2.05, 4.69) is 15.0 Å². The van der Waals surface area contributed by atoms with Crippen LogP contribution in [0.5, 0.6) is 5.75 Å². The lowest BCUT2D eigenvalue weighted by molar-refractivity contribution is -0.115. The van der Waals surface area contributed by atoms with E-state index in [1.165, 1.54) is 18.3 Å². The quantitative estimate of drug-likeness (QED) is 0.601. The summed E-state index contributed by atoms with van der Waals surface area (Å²) >= 11 is 1.13. The minimum atomic E-state index is -3.60. The first-order chi connectivity index (χ1) is 12.4. The van der Waals surface area contributed by atoms with Crippen LogP contribution in [0.2, 0.25) is 0 Å². The van der Waals surface area contributed by atoms with E-state index in [1.807, 2.05) is 0 Å². The van der Waals surface area contributed by atoms with Gasteiger partial charge in [-0.2, -0.15) is 0 Å². The molecule has 0 saturated carbocycles. The second-order valence-electron chi connectivity index (χ2n) is 5.33. The second kappa shape index (κ2) is 7.54. The number of hydrogen-bond acceptors (Lipinski definition) is 6. The van der Waals surface area contributed by atoms with E-state index in [0.717, 1.165) is 11.3 Å². The van der Waals surface area contributed by atoms with Crippen molar-refractivity contribution >= 4 is 38.8 Å². The van der Waals surface area contributed by atoms with E-state index < -0.39 is 10.0 Å². The molecule has 0 aliphatic carbocycles. The van der Waals surface area contributed by atoms with Crippen molar-refractivity contribution in [1.82, 2.24) is 4.98 Å². The molecule has 7 nitrogen and oxygen atoms in total. The molecule has 1 amide bonds. The van der Waals surface area contributed by atoms with Gasteiger partial charge in [-0.3, -0.25) is 9.52 Å². The normalized spacial score (nSPS) is 11.1. The van der Waals surface area contributed by atoms with Gasteiger partial charge in [-0.1, -0.05) is 18.2 Å². The van der Waals surface area contributed by atoms with Crippen molar-refractivity contribution < 1.29 is 18.3 Å². The molecule has 0 unspecified atom stereocenters. The molecule has 2 aromatic heterocycles. The first kappa shape index (κ1) is 17.9. The maximum Gasteiger partial charge on any atom is 0.271 e. The van der Waals surface area contributed by atoms with E-state index in [9.17, 15) is 18.3 Å². The number of sulfonamides is 1. The number of nitrogens with one attached hydrogen (secondary N) is 2. The molecule has 0 aliphatic heterocycles. The Balaban J connectivity index is 1.63. The van der Waals surface area contributed by atoms with Gasteiger partial charge in [0.2, 0.25) is 5.91 Å². The first-order valence-electron chi connectivity index (χ1n) is 7.53. The van der Waals surface area contributed by atoms with Crippen molar-refractivity contribution in [2.75, 3.05) is 10.0 Å². The minimum absolute atomic E-state index is 0.0635. The van der Waals surface area contributed by atoms with Crippen molar-refractivity contribution in [2.24, 2.45) is 0 Å². The van der Waals surface area contributed by atoms with E-state index in [1.54, 1.807) is 41.8 Å². The van der Waals surface area contributed by atoms with E-state index in [0.29, 0.717) is 11.3 Å². The summed E-state index contributed by atoms with van der Waals surface area (Å²) < 4.78 is 27.1. The topological polar surface area (TPSA) is 108 Å². The van der Waals surface area contributed by atoms with Crippen LogP contribution >= 0.6 is 11.3 Å². The average molecular weight is 389 g/mol. The number of nitrogens with zero attached hydrogens (tertiary/aromatic N) is 1. The molecule has 0 saturated heterocycles. The van der Waals surface area contributed by atoms with E-state index in [-0.39, 0.29) is 28.1 Å². The SMILES string of the molecule is O=C(Cc1ccc(NS(=O)(=O)c2cccs2)cc1)Nc1ncccc1O. The Kier molecular flexibility index (Phi) is 5.19. The molecule has 2 heterocycles. The van der Waals surface area contributed by atoms with Crippen LogP contribution < -0.4 is 10.0 Å². The molecule has 0 aliphatic rings. The van der Waals surface area contributed by atoms with Gasteiger partial charge in [0.15, 0.2) is 11.6 Å². The van der Waals surface area contributed by atoms with Gasteiger partial charge >= 0.3 is 0 Å². The summed E-state index contributed by atoms with van der Waals surface area (Å²) in [6, 6.07) is 12.7. The van der Waals surface area contributed by atoms with Gasteiger partial charge < -0.3 is 10.4 Å². The van der Waals surface area contributed by atoms with Gasteiger partial charge in [0.05, 0.1) is 6.42 Å². The number of anilines is 2. The summed E-state index contributed by atoms with van der Waals surface area (Å²) in [5.74, 6) is -0.358. The number of pyridine rings is 1. The fourth-order valence-electron chi connectivity index (χ4n) is 2.17. The Bertz CT molecular complexity index is 1000. The molecule has 134 valence electrons. The number of thiophene rings is 1. The zero-order valence-electron chi connectivity index (χ0n) is 13.4. The third-order valence-electron chi connectivity index (χ3n) is 3.37. The highest BCUT2D eigenvalue weighted by Crippen LogP contribution is 2.21. The third-order valence-corrected chi connectivity index (χ3v) is 6.15. The van der Waals surface area contributed by atoms with Crippen molar-refractivity contribution in [3.63, 3.8) is 0 Å². The summed E-state index contributed by atoms with van der Waals surface area (Å²) in [6.45, 7) is 0. The van der Waals surface area contributed by atoms with Crippen LogP contribution in [0, 0.1) is 0 Å². The molecule has 0 fully saturated rings. The number of amides is 1. The van der Waals surface area contributed by atoms with Crippen molar-refractivity contribution in [1.29, 1.82) is 0 Å². The maximum absolute atomic E-state index is 12.2. The molecule has 0 atom stereocenters. The van der Waals surface area contributed by atoms with Crippen molar-refractivity contribution in [3.8, 4) is 5.75 Å².